The van der Waals surface area contributed by atoms with Gasteiger partial charge in [0.1, 0.15) is 17.9 Å². The maximum absolute atomic E-state index is 12.6. The first kappa shape index (κ1) is 19.1. The van der Waals surface area contributed by atoms with Crippen LogP contribution in [0.15, 0.2) is 88.5 Å². The number of aromatic nitrogens is 1. The van der Waals surface area contributed by atoms with E-state index in [2.05, 4.69) is 10.3 Å². The Morgan fingerprint density at radius 1 is 0.966 bits per heavy atom. The number of para-hydroxylation sites is 3. The Bertz CT molecular complexity index is 1060. The molecule has 5 nitrogen and oxygen atoms in total. The van der Waals surface area contributed by atoms with Crippen LogP contribution in [0.4, 0.5) is 0 Å². The SMILES string of the molecule is O=C(NCCOc1ccccc1)c1ccccc1CSc1nc2ccccc2o1. The van der Waals surface area contributed by atoms with Gasteiger partial charge in [-0.3, -0.25) is 4.79 Å². The molecule has 4 rings (SSSR count). The summed E-state index contributed by atoms with van der Waals surface area (Å²) in [5, 5.41) is 3.51. The van der Waals surface area contributed by atoms with Gasteiger partial charge in [0.2, 0.25) is 0 Å². The largest absolute Gasteiger partial charge is 0.492 e. The third-order valence-corrected chi connectivity index (χ3v) is 5.16. The highest BCUT2D eigenvalue weighted by atomic mass is 32.2. The van der Waals surface area contributed by atoms with Crippen molar-refractivity contribution >= 4 is 28.8 Å². The Balaban J connectivity index is 1.33. The number of nitrogens with zero attached hydrogens (tertiary/aromatic N) is 1. The number of hydrogen-bond donors (Lipinski definition) is 1. The molecular weight excluding hydrogens is 384 g/mol. The van der Waals surface area contributed by atoms with Crippen molar-refractivity contribution < 1.29 is 13.9 Å². The summed E-state index contributed by atoms with van der Waals surface area (Å²) >= 11 is 1.47. The number of benzene rings is 3. The predicted octanol–water partition coefficient (Wildman–Crippen LogP) is 4.93. The lowest BCUT2D eigenvalue weighted by Crippen LogP contribution is -2.28. The summed E-state index contributed by atoms with van der Waals surface area (Å²) in [6.07, 6.45) is 0. The van der Waals surface area contributed by atoms with Crippen molar-refractivity contribution in [1.82, 2.24) is 10.3 Å². The van der Waals surface area contributed by atoms with E-state index in [0.717, 1.165) is 22.4 Å². The van der Waals surface area contributed by atoms with E-state index in [-0.39, 0.29) is 5.91 Å². The third-order valence-electron chi connectivity index (χ3n) is 4.29. The number of rotatable bonds is 8. The standard InChI is InChI=1S/C23H20N2O3S/c26-22(24-14-15-27-18-9-2-1-3-10-18)19-11-5-4-8-17(19)16-29-23-25-20-12-6-7-13-21(20)28-23/h1-13H,14-16H2,(H,24,26). The van der Waals surface area contributed by atoms with Gasteiger partial charge in [-0.05, 0) is 35.9 Å². The Kier molecular flexibility index (Phi) is 6.12. The number of nitrogens with one attached hydrogen (secondary N) is 1. The molecule has 0 radical (unpaired) electrons. The van der Waals surface area contributed by atoms with Crippen LogP contribution in [0.1, 0.15) is 15.9 Å². The van der Waals surface area contributed by atoms with Crippen LogP contribution < -0.4 is 10.1 Å². The zero-order valence-corrected chi connectivity index (χ0v) is 16.5. The normalized spacial score (nSPS) is 10.8. The number of hydrogen-bond acceptors (Lipinski definition) is 5. The Labute approximate surface area is 173 Å². The summed E-state index contributed by atoms with van der Waals surface area (Å²) in [6.45, 7) is 0.843. The summed E-state index contributed by atoms with van der Waals surface area (Å²) in [5.41, 5.74) is 3.18. The fraction of sp³-hybridized carbons (Fsp3) is 0.130. The second-order valence-electron chi connectivity index (χ2n) is 6.31. The number of carbonyl (C=O) groups excluding carboxylic acids is 1. The quantitative estimate of drug-likeness (QED) is 0.333. The van der Waals surface area contributed by atoms with E-state index in [0.29, 0.717) is 29.7 Å². The summed E-state index contributed by atoms with van der Waals surface area (Å²) in [4.78, 5) is 17.1. The van der Waals surface area contributed by atoms with Crippen LogP contribution in [0, 0.1) is 0 Å². The molecule has 1 aromatic heterocycles. The zero-order valence-electron chi connectivity index (χ0n) is 15.7. The number of carbonyl (C=O) groups is 1. The molecule has 0 saturated heterocycles. The molecule has 29 heavy (non-hydrogen) atoms. The maximum atomic E-state index is 12.6. The van der Waals surface area contributed by atoms with E-state index in [1.54, 1.807) is 0 Å². The first-order valence-electron chi connectivity index (χ1n) is 9.32. The highest BCUT2D eigenvalue weighted by Gasteiger charge is 2.12. The fourth-order valence-corrected chi connectivity index (χ4v) is 3.71. The van der Waals surface area contributed by atoms with Gasteiger partial charge in [-0.15, -0.1) is 0 Å². The van der Waals surface area contributed by atoms with Gasteiger partial charge in [0.05, 0.1) is 6.54 Å². The van der Waals surface area contributed by atoms with Gasteiger partial charge in [-0.25, -0.2) is 4.98 Å². The van der Waals surface area contributed by atoms with Crippen molar-refractivity contribution in [3.63, 3.8) is 0 Å². The average Bonchev–Trinajstić information content (AvgIpc) is 3.19. The molecule has 146 valence electrons. The van der Waals surface area contributed by atoms with E-state index in [1.165, 1.54) is 11.8 Å². The molecule has 1 amide bonds. The van der Waals surface area contributed by atoms with Crippen LogP contribution in [-0.2, 0) is 5.75 Å². The van der Waals surface area contributed by atoms with E-state index in [1.807, 2.05) is 78.9 Å². The van der Waals surface area contributed by atoms with Crippen LogP contribution in [0.5, 0.6) is 5.75 Å². The summed E-state index contributed by atoms with van der Waals surface area (Å²) in [5.74, 6) is 1.27. The molecule has 4 aromatic rings. The number of amides is 1. The Hall–Kier alpha value is -3.25. The Morgan fingerprint density at radius 2 is 1.72 bits per heavy atom. The van der Waals surface area contributed by atoms with Gasteiger partial charge in [-0.2, -0.15) is 0 Å². The monoisotopic (exact) mass is 404 g/mol. The topological polar surface area (TPSA) is 64.4 Å². The molecule has 0 saturated carbocycles. The van der Waals surface area contributed by atoms with Crippen molar-refractivity contribution in [2.45, 2.75) is 11.0 Å². The minimum absolute atomic E-state index is 0.115. The molecule has 0 atom stereocenters. The predicted molar refractivity (Wildman–Crippen MR) is 114 cm³/mol. The van der Waals surface area contributed by atoms with Crippen molar-refractivity contribution in [1.29, 1.82) is 0 Å². The second kappa shape index (κ2) is 9.30. The smallest absolute Gasteiger partial charge is 0.257 e. The number of oxazole rings is 1. The van der Waals surface area contributed by atoms with E-state index < -0.39 is 0 Å². The molecule has 0 unspecified atom stereocenters. The molecular formula is C23H20N2O3S. The minimum Gasteiger partial charge on any atom is -0.492 e. The lowest BCUT2D eigenvalue weighted by atomic mass is 10.1. The zero-order chi connectivity index (χ0) is 19.9. The molecule has 6 heteroatoms. The molecule has 1 heterocycles. The third kappa shape index (κ3) is 4.97. The average molecular weight is 404 g/mol. The number of thioether (sulfide) groups is 1. The maximum Gasteiger partial charge on any atom is 0.257 e. The number of ether oxygens (including phenoxy) is 1. The van der Waals surface area contributed by atoms with Gasteiger partial charge in [0.25, 0.3) is 11.1 Å². The molecule has 1 N–H and O–H groups in total. The van der Waals surface area contributed by atoms with Gasteiger partial charge in [0.15, 0.2) is 5.58 Å². The molecule has 0 aliphatic carbocycles. The lowest BCUT2D eigenvalue weighted by Gasteiger charge is -2.10. The van der Waals surface area contributed by atoms with Crippen molar-refractivity contribution in [2.24, 2.45) is 0 Å². The fourth-order valence-electron chi connectivity index (χ4n) is 2.87. The minimum atomic E-state index is -0.115. The summed E-state index contributed by atoms with van der Waals surface area (Å²) in [6, 6.07) is 24.8. The number of fused-ring (bicyclic) bond motifs is 1. The van der Waals surface area contributed by atoms with E-state index in [4.69, 9.17) is 9.15 Å². The van der Waals surface area contributed by atoms with Crippen LogP contribution in [0.2, 0.25) is 0 Å². The first-order valence-corrected chi connectivity index (χ1v) is 10.3. The van der Waals surface area contributed by atoms with Crippen molar-refractivity contribution in [3.05, 3.63) is 90.0 Å². The highest BCUT2D eigenvalue weighted by Crippen LogP contribution is 2.27. The second-order valence-corrected chi connectivity index (χ2v) is 7.24. The van der Waals surface area contributed by atoms with Crippen molar-refractivity contribution in [3.8, 4) is 5.75 Å². The highest BCUT2D eigenvalue weighted by molar-refractivity contribution is 7.98. The van der Waals surface area contributed by atoms with Gasteiger partial charge in [0, 0.05) is 11.3 Å². The van der Waals surface area contributed by atoms with Gasteiger partial charge >= 0.3 is 0 Å². The molecule has 3 aromatic carbocycles. The molecule has 0 aliphatic rings. The van der Waals surface area contributed by atoms with Crippen LogP contribution in [-0.4, -0.2) is 24.0 Å². The summed E-state index contributed by atoms with van der Waals surface area (Å²) in [7, 11) is 0. The Morgan fingerprint density at radius 3 is 2.59 bits per heavy atom. The van der Waals surface area contributed by atoms with Crippen molar-refractivity contribution in [2.75, 3.05) is 13.2 Å². The lowest BCUT2D eigenvalue weighted by molar-refractivity contribution is 0.0946. The van der Waals surface area contributed by atoms with Crippen LogP contribution >= 0.6 is 11.8 Å². The van der Waals surface area contributed by atoms with Crippen LogP contribution in [0.3, 0.4) is 0 Å². The van der Waals surface area contributed by atoms with Crippen LogP contribution in [0.25, 0.3) is 11.1 Å². The van der Waals surface area contributed by atoms with E-state index >= 15 is 0 Å². The molecule has 0 spiro atoms. The van der Waals surface area contributed by atoms with Gasteiger partial charge < -0.3 is 14.5 Å². The first-order chi connectivity index (χ1) is 14.3. The molecule has 0 bridgehead atoms. The molecule has 0 fully saturated rings. The summed E-state index contributed by atoms with van der Waals surface area (Å²) < 4.78 is 11.4. The van der Waals surface area contributed by atoms with E-state index in [9.17, 15) is 4.79 Å². The van der Waals surface area contributed by atoms with Gasteiger partial charge in [-0.1, -0.05) is 60.3 Å². The molecule has 0 aliphatic heterocycles.